The monoisotopic (exact) mass is 285 g/mol. The zero-order valence-electron chi connectivity index (χ0n) is 10.9. The first-order chi connectivity index (χ1) is 9.43. The van der Waals surface area contributed by atoms with E-state index in [1.54, 1.807) is 5.01 Å². The van der Waals surface area contributed by atoms with Gasteiger partial charge in [-0.1, -0.05) is 0 Å². The minimum atomic E-state index is -2.72. The molecule has 0 saturated carbocycles. The molecular weight excluding hydrogens is 271 g/mol. The summed E-state index contributed by atoms with van der Waals surface area (Å²) in [5.74, 6) is -1.09. The third kappa shape index (κ3) is 1.80. The molecule has 0 aromatic carbocycles. The quantitative estimate of drug-likeness (QED) is 0.834. The lowest BCUT2D eigenvalue weighted by Crippen LogP contribution is -2.39. The van der Waals surface area contributed by atoms with Crippen molar-refractivity contribution < 1.29 is 18.0 Å². The van der Waals surface area contributed by atoms with E-state index in [9.17, 15) is 18.0 Å². The number of nitrogens with zero attached hydrogens (tertiary/aromatic N) is 3. The number of aromatic nitrogens is 1. The molecule has 1 amide bonds. The van der Waals surface area contributed by atoms with Gasteiger partial charge in [-0.2, -0.15) is 0 Å². The Labute approximate surface area is 114 Å². The second kappa shape index (κ2) is 4.44. The minimum absolute atomic E-state index is 0.00272. The molecule has 2 fully saturated rings. The van der Waals surface area contributed by atoms with E-state index in [4.69, 9.17) is 0 Å². The first kappa shape index (κ1) is 13.4. The van der Waals surface area contributed by atoms with E-state index >= 15 is 0 Å². The highest BCUT2D eigenvalue weighted by Crippen LogP contribution is 2.44. The first-order valence-corrected chi connectivity index (χ1v) is 6.40. The molecule has 2 aliphatic heterocycles. The van der Waals surface area contributed by atoms with Crippen molar-refractivity contribution in [3.63, 3.8) is 0 Å². The highest BCUT2D eigenvalue weighted by atomic mass is 19.3. The predicted octanol–water partition coefficient (Wildman–Crippen LogP) is 2.00. The van der Waals surface area contributed by atoms with Crippen molar-refractivity contribution in [2.45, 2.75) is 25.8 Å². The summed E-state index contributed by atoms with van der Waals surface area (Å²) in [6.45, 7) is 1.79. The van der Waals surface area contributed by atoms with Gasteiger partial charge in [-0.05, 0) is 25.0 Å². The third-order valence-corrected chi connectivity index (χ3v) is 4.06. The SMILES string of the molecule is CC1(C(F)F)CN2CC[C@H](c3cncc(F)c3)N2C1=O. The zero-order chi connectivity index (χ0) is 14.5. The Bertz CT molecular complexity index is 553. The Hall–Kier alpha value is -1.63. The van der Waals surface area contributed by atoms with Crippen LogP contribution in [0.3, 0.4) is 0 Å². The molecule has 0 spiro atoms. The molecule has 3 heterocycles. The van der Waals surface area contributed by atoms with Crippen molar-refractivity contribution in [2.75, 3.05) is 13.1 Å². The number of alkyl halides is 2. The average Bonchev–Trinajstić information content (AvgIpc) is 2.90. The maximum Gasteiger partial charge on any atom is 0.254 e. The molecule has 20 heavy (non-hydrogen) atoms. The van der Waals surface area contributed by atoms with E-state index in [-0.39, 0.29) is 6.54 Å². The molecule has 3 rings (SSSR count). The van der Waals surface area contributed by atoms with Crippen molar-refractivity contribution in [2.24, 2.45) is 5.41 Å². The van der Waals surface area contributed by atoms with E-state index in [1.807, 2.05) is 0 Å². The highest BCUT2D eigenvalue weighted by molar-refractivity contribution is 5.85. The Morgan fingerprint density at radius 3 is 2.85 bits per heavy atom. The predicted molar refractivity (Wildman–Crippen MR) is 64.1 cm³/mol. The van der Waals surface area contributed by atoms with Gasteiger partial charge < -0.3 is 0 Å². The van der Waals surface area contributed by atoms with Crippen molar-refractivity contribution in [3.8, 4) is 0 Å². The second-order valence-corrected chi connectivity index (χ2v) is 5.50. The van der Waals surface area contributed by atoms with Crippen LogP contribution in [-0.4, -0.2) is 40.4 Å². The van der Waals surface area contributed by atoms with Gasteiger partial charge in [0.2, 0.25) is 0 Å². The fraction of sp³-hybridized carbons (Fsp3) is 0.538. The van der Waals surface area contributed by atoms with Crippen molar-refractivity contribution in [3.05, 3.63) is 29.8 Å². The summed E-state index contributed by atoms with van der Waals surface area (Å²) < 4.78 is 39.5. The van der Waals surface area contributed by atoms with Gasteiger partial charge in [0.05, 0.1) is 12.2 Å². The smallest absolute Gasteiger partial charge is 0.254 e. The molecule has 2 aliphatic rings. The zero-order valence-corrected chi connectivity index (χ0v) is 10.9. The molecule has 0 bridgehead atoms. The summed E-state index contributed by atoms with van der Waals surface area (Å²) >= 11 is 0. The number of hydrazine groups is 1. The number of halogens is 3. The van der Waals surface area contributed by atoms with Crippen LogP contribution in [0.4, 0.5) is 13.2 Å². The Kier molecular flexibility index (Phi) is 2.97. The number of carbonyl (C=O) groups excluding carboxylic acids is 1. The lowest BCUT2D eigenvalue weighted by molar-refractivity contribution is -0.147. The number of amides is 1. The molecule has 2 saturated heterocycles. The molecule has 108 valence electrons. The Morgan fingerprint density at radius 2 is 2.20 bits per heavy atom. The van der Waals surface area contributed by atoms with Crippen LogP contribution in [-0.2, 0) is 4.79 Å². The van der Waals surface area contributed by atoms with Crippen LogP contribution in [0.5, 0.6) is 0 Å². The normalized spacial score (nSPS) is 30.4. The molecule has 4 nitrogen and oxygen atoms in total. The van der Waals surface area contributed by atoms with E-state index in [0.29, 0.717) is 18.5 Å². The van der Waals surface area contributed by atoms with Crippen molar-refractivity contribution in [1.29, 1.82) is 0 Å². The molecule has 1 aromatic rings. The summed E-state index contributed by atoms with van der Waals surface area (Å²) in [6, 6.07) is 0.887. The number of rotatable bonds is 2. The molecule has 1 aromatic heterocycles. The van der Waals surface area contributed by atoms with Crippen molar-refractivity contribution in [1.82, 2.24) is 15.0 Å². The van der Waals surface area contributed by atoms with Gasteiger partial charge in [-0.3, -0.25) is 14.8 Å². The van der Waals surface area contributed by atoms with Gasteiger partial charge in [0.25, 0.3) is 12.3 Å². The lowest BCUT2D eigenvalue weighted by Gasteiger charge is -2.26. The molecule has 1 unspecified atom stereocenters. The first-order valence-electron chi connectivity index (χ1n) is 6.40. The van der Waals surface area contributed by atoms with Gasteiger partial charge >= 0.3 is 0 Å². The standard InChI is InChI=1S/C13H14F3N3O/c1-13(11(15)16)7-18-3-2-10(19(18)12(13)20)8-4-9(14)6-17-5-8/h4-6,10-11H,2-3,7H2,1H3/t10-,13?/m1/s1. The molecule has 0 aliphatic carbocycles. The molecule has 0 radical (unpaired) electrons. The van der Waals surface area contributed by atoms with Crippen LogP contribution in [0.1, 0.15) is 24.9 Å². The summed E-state index contributed by atoms with van der Waals surface area (Å²) in [6.07, 6.45) is 0.427. The average molecular weight is 285 g/mol. The van der Waals surface area contributed by atoms with Crippen LogP contribution in [0.15, 0.2) is 18.5 Å². The van der Waals surface area contributed by atoms with Crippen LogP contribution >= 0.6 is 0 Å². The molecule has 7 heteroatoms. The van der Waals surface area contributed by atoms with Crippen LogP contribution < -0.4 is 0 Å². The van der Waals surface area contributed by atoms with E-state index < -0.39 is 29.6 Å². The third-order valence-electron chi connectivity index (χ3n) is 4.06. The van der Waals surface area contributed by atoms with Gasteiger partial charge in [-0.25, -0.2) is 18.2 Å². The molecule has 0 N–H and O–H groups in total. The number of carbonyl (C=O) groups is 1. The van der Waals surface area contributed by atoms with Crippen LogP contribution in [0.25, 0.3) is 0 Å². The maximum atomic E-state index is 13.2. The van der Waals surface area contributed by atoms with E-state index in [0.717, 1.165) is 6.20 Å². The lowest BCUT2D eigenvalue weighted by atomic mass is 9.90. The van der Waals surface area contributed by atoms with Crippen molar-refractivity contribution >= 4 is 5.91 Å². The Morgan fingerprint density at radius 1 is 1.45 bits per heavy atom. The largest absolute Gasteiger partial charge is 0.272 e. The van der Waals surface area contributed by atoms with Crippen LogP contribution in [0, 0.1) is 11.2 Å². The number of fused-ring (bicyclic) bond motifs is 1. The summed E-state index contributed by atoms with van der Waals surface area (Å²) in [5, 5.41) is 2.98. The topological polar surface area (TPSA) is 36.4 Å². The summed E-state index contributed by atoms with van der Waals surface area (Å²) in [5.41, 5.74) is -1.14. The van der Waals surface area contributed by atoms with Gasteiger partial charge in [0.1, 0.15) is 11.2 Å². The van der Waals surface area contributed by atoms with Gasteiger partial charge in [0.15, 0.2) is 0 Å². The van der Waals surface area contributed by atoms with E-state index in [1.165, 1.54) is 24.2 Å². The molecule has 2 atom stereocenters. The summed E-state index contributed by atoms with van der Waals surface area (Å²) in [7, 11) is 0. The number of hydrogen-bond acceptors (Lipinski definition) is 3. The highest BCUT2D eigenvalue weighted by Gasteiger charge is 2.57. The van der Waals surface area contributed by atoms with Crippen LogP contribution in [0.2, 0.25) is 0 Å². The minimum Gasteiger partial charge on any atom is -0.272 e. The van der Waals surface area contributed by atoms with E-state index in [2.05, 4.69) is 4.98 Å². The fourth-order valence-corrected chi connectivity index (χ4v) is 2.91. The van der Waals surface area contributed by atoms with Gasteiger partial charge in [0, 0.05) is 19.3 Å². The fourth-order valence-electron chi connectivity index (χ4n) is 2.91. The second-order valence-electron chi connectivity index (χ2n) is 5.50. The molecular formula is C13H14F3N3O. The maximum absolute atomic E-state index is 13.2. The van der Waals surface area contributed by atoms with Gasteiger partial charge in [-0.15, -0.1) is 0 Å². The number of hydrogen-bond donors (Lipinski definition) is 0. The summed E-state index contributed by atoms with van der Waals surface area (Å²) in [4.78, 5) is 16.1. The Balaban J connectivity index is 1.93. The number of pyridine rings is 1.